The monoisotopic (exact) mass is 279 g/mol. The lowest BCUT2D eigenvalue weighted by atomic mass is 9.89. The van der Waals surface area contributed by atoms with Crippen LogP contribution in [0.15, 0.2) is 12.1 Å². The number of hydrogen-bond acceptors (Lipinski definition) is 4. The van der Waals surface area contributed by atoms with Crippen molar-refractivity contribution in [2.75, 3.05) is 19.5 Å². The van der Waals surface area contributed by atoms with E-state index in [4.69, 9.17) is 15.2 Å². The molecule has 1 aliphatic rings. The van der Waals surface area contributed by atoms with Crippen molar-refractivity contribution in [1.29, 1.82) is 0 Å². The van der Waals surface area contributed by atoms with Gasteiger partial charge < -0.3 is 19.8 Å². The Hall–Kier alpha value is -1.82. The predicted molar refractivity (Wildman–Crippen MR) is 74.3 cm³/mol. The van der Waals surface area contributed by atoms with Crippen LogP contribution in [0.4, 0.5) is 10.3 Å². The van der Waals surface area contributed by atoms with Crippen LogP contribution in [0, 0.1) is 5.82 Å². The molecule has 108 valence electrons. The van der Waals surface area contributed by atoms with E-state index in [-0.39, 0.29) is 17.9 Å². The first-order chi connectivity index (χ1) is 9.63. The smallest absolute Gasteiger partial charge is 0.201 e. The molecule has 0 amide bonds. The molecule has 1 aliphatic carbocycles. The molecule has 0 saturated heterocycles. The molecular formula is C14H18FN3O2. The fourth-order valence-corrected chi connectivity index (χ4v) is 2.78. The predicted octanol–water partition coefficient (Wildman–Crippen LogP) is 2.51. The normalized spacial score (nSPS) is 21.9. The SMILES string of the molecule is CCOC1CC(n2c(N)nc3cc(F)c(OC)cc32)C1. The summed E-state index contributed by atoms with van der Waals surface area (Å²) < 4.78 is 26.2. The van der Waals surface area contributed by atoms with Crippen molar-refractivity contribution in [3.63, 3.8) is 0 Å². The molecule has 0 bridgehead atoms. The molecule has 6 heteroatoms. The highest BCUT2D eigenvalue weighted by atomic mass is 19.1. The van der Waals surface area contributed by atoms with Crippen LogP contribution in [0.5, 0.6) is 5.75 Å². The topological polar surface area (TPSA) is 62.3 Å². The average Bonchev–Trinajstić information content (AvgIpc) is 2.67. The summed E-state index contributed by atoms with van der Waals surface area (Å²) in [5.41, 5.74) is 7.33. The van der Waals surface area contributed by atoms with E-state index in [1.54, 1.807) is 6.07 Å². The Labute approximate surface area is 116 Å². The largest absolute Gasteiger partial charge is 0.494 e. The van der Waals surface area contributed by atoms with Crippen LogP contribution in [0.3, 0.4) is 0 Å². The van der Waals surface area contributed by atoms with Crippen molar-refractivity contribution in [3.8, 4) is 5.75 Å². The third-order valence-electron chi connectivity index (χ3n) is 3.83. The van der Waals surface area contributed by atoms with Crippen LogP contribution in [-0.2, 0) is 4.74 Å². The Morgan fingerprint density at radius 2 is 2.20 bits per heavy atom. The van der Waals surface area contributed by atoms with Crippen LogP contribution >= 0.6 is 0 Å². The minimum absolute atomic E-state index is 0.208. The number of nitrogen functional groups attached to an aromatic ring is 1. The van der Waals surface area contributed by atoms with Crippen molar-refractivity contribution < 1.29 is 13.9 Å². The highest BCUT2D eigenvalue weighted by Crippen LogP contribution is 2.39. The van der Waals surface area contributed by atoms with Gasteiger partial charge in [0.25, 0.3) is 0 Å². The number of hydrogen-bond donors (Lipinski definition) is 1. The molecule has 2 N–H and O–H groups in total. The van der Waals surface area contributed by atoms with Gasteiger partial charge in [0.1, 0.15) is 0 Å². The summed E-state index contributed by atoms with van der Waals surface area (Å²) in [5.74, 6) is 0.192. The van der Waals surface area contributed by atoms with Crippen LogP contribution in [0.2, 0.25) is 0 Å². The van der Waals surface area contributed by atoms with Gasteiger partial charge in [-0.1, -0.05) is 0 Å². The van der Waals surface area contributed by atoms with Gasteiger partial charge in [-0.15, -0.1) is 0 Å². The Bertz CT molecular complexity index is 635. The second kappa shape index (κ2) is 4.94. The molecule has 0 atom stereocenters. The summed E-state index contributed by atoms with van der Waals surface area (Å²) in [7, 11) is 1.45. The lowest BCUT2D eigenvalue weighted by Crippen LogP contribution is -2.33. The number of fused-ring (bicyclic) bond motifs is 1. The van der Waals surface area contributed by atoms with Crippen molar-refractivity contribution in [2.45, 2.75) is 31.9 Å². The number of nitrogens with two attached hydrogens (primary N) is 1. The molecule has 0 aliphatic heterocycles. The Kier molecular flexibility index (Phi) is 3.25. The lowest BCUT2D eigenvalue weighted by molar-refractivity contribution is -0.0182. The minimum atomic E-state index is -0.426. The summed E-state index contributed by atoms with van der Waals surface area (Å²) in [4.78, 5) is 4.23. The summed E-state index contributed by atoms with van der Waals surface area (Å²) in [6, 6.07) is 3.27. The highest BCUT2D eigenvalue weighted by Gasteiger charge is 2.33. The second-order valence-electron chi connectivity index (χ2n) is 5.02. The van der Waals surface area contributed by atoms with Crippen molar-refractivity contribution in [3.05, 3.63) is 17.9 Å². The number of aromatic nitrogens is 2. The number of methoxy groups -OCH3 is 1. The quantitative estimate of drug-likeness (QED) is 0.934. The molecule has 2 aromatic rings. The van der Waals surface area contributed by atoms with Crippen molar-refractivity contribution in [2.24, 2.45) is 0 Å². The van der Waals surface area contributed by atoms with Gasteiger partial charge in [0, 0.05) is 24.8 Å². The molecular weight excluding hydrogens is 261 g/mol. The van der Waals surface area contributed by atoms with Crippen LogP contribution in [0.25, 0.3) is 11.0 Å². The fourth-order valence-electron chi connectivity index (χ4n) is 2.78. The number of imidazole rings is 1. The maximum absolute atomic E-state index is 13.7. The fraction of sp³-hybridized carbons (Fsp3) is 0.500. The molecule has 1 saturated carbocycles. The van der Waals surface area contributed by atoms with E-state index < -0.39 is 5.82 Å². The van der Waals surface area contributed by atoms with E-state index >= 15 is 0 Å². The molecule has 0 radical (unpaired) electrons. The van der Waals surface area contributed by atoms with Gasteiger partial charge in [0.05, 0.1) is 24.2 Å². The molecule has 1 fully saturated rings. The van der Waals surface area contributed by atoms with Crippen LogP contribution < -0.4 is 10.5 Å². The van der Waals surface area contributed by atoms with Crippen LogP contribution in [0.1, 0.15) is 25.8 Å². The summed E-state index contributed by atoms with van der Waals surface area (Å²) in [5, 5.41) is 0. The summed E-state index contributed by atoms with van der Waals surface area (Å²) in [6.45, 7) is 2.71. The van der Waals surface area contributed by atoms with E-state index in [1.165, 1.54) is 13.2 Å². The third-order valence-corrected chi connectivity index (χ3v) is 3.83. The molecule has 0 spiro atoms. The van der Waals surface area contributed by atoms with Gasteiger partial charge in [-0.25, -0.2) is 9.37 Å². The van der Waals surface area contributed by atoms with Gasteiger partial charge in [-0.05, 0) is 19.8 Å². The zero-order valence-electron chi connectivity index (χ0n) is 11.6. The number of anilines is 1. The standard InChI is InChI=1S/C14H18FN3O2/c1-3-20-9-4-8(5-9)18-12-7-13(19-2)10(15)6-11(12)17-14(18)16/h6-9H,3-5H2,1-2H3,(H2,16,17). The number of nitrogens with zero attached hydrogens (tertiary/aromatic N) is 2. The Balaban J connectivity index is 1.97. The van der Waals surface area contributed by atoms with E-state index in [2.05, 4.69) is 4.98 Å². The molecule has 5 nitrogen and oxygen atoms in total. The molecule has 1 aromatic heterocycles. The van der Waals surface area contributed by atoms with Gasteiger partial charge in [-0.3, -0.25) is 0 Å². The van der Waals surface area contributed by atoms with E-state index in [0.717, 1.165) is 25.0 Å². The van der Waals surface area contributed by atoms with Gasteiger partial charge in [-0.2, -0.15) is 0 Å². The molecule has 3 rings (SSSR count). The third kappa shape index (κ3) is 2.00. The number of benzene rings is 1. The minimum Gasteiger partial charge on any atom is -0.494 e. The summed E-state index contributed by atoms with van der Waals surface area (Å²) in [6.07, 6.45) is 2.09. The van der Waals surface area contributed by atoms with Gasteiger partial charge in [0.2, 0.25) is 5.95 Å². The average molecular weight is 279 g/mol. The summed E-state index contributed by atoms with van der Waals surface area (Å²) >= 11 is 0. The van der Waals surface area contributed by atoms with E-state index in [1.807, 2.05) is 11.5 Å². The van der Waals surface area contributed by atoms with Crippen LogP contribution in [-0.4, -0.2) is 29.4 Å². The Morgan fingerprint density at radius 3 is 2.85 bits per heavy atom. The zero-order chi connectivity index (χ0) is 14.3. The molecule has 1 heterocycles. The first kappa shape index (κ1) is 13.2. The lowest BCUT2D eigenvalue weighted by Gasteiger charge is -2.36. The van der Waals surface area contributed by atoms with E-state index in [9.17, 15) is 4.39 Å². The van der Waals surface area contributed by atoms with Crippen molar-refractivity contribution in [1.82, 2.24) is 9.55 Å². The van der Waals surface area contributed by atoms with Crippen molar-refractivity contribution >= 4 is 17.0 Å². The second-order valence-corrected chi connectivity index (χ2v) is 5.02. The highest BCUT2D eigenvalue weighted by molar-refractivity contribution is 5.80. The maximum atomic E-state index is 13.7. The first-order valence-corrected chi connectivity index (χ1v) is 6.76. The number of rotatable bonds is 4. The maximum Gasteiger partial charge on any atom is 0.201 e. The molecule has 20 heavy (non-hydrogen) atoms. The number of halogens is 1. The zero-order valence-corrected chi connectivity index (χ0v) is 11.6. The number of ether oxygens (including phenoxy) is 2. The van der Waals surface area contributed by atoms with Gasteiger partial charge >= 0.3 is 0 Å². The van der Waals surface area contributed by atoms with Gasteiger partial charge in [0.15, 0.2) is 11.6 Å². The Morgan fingerprint density at radius 1 is 1.45 bits per heavy atom. The van der Waals surface area contributed by atoms with E-state index in [0.29, 0.717) is 11.5 Å². The molecule has 0 unspecified atom stereocenters. The molecule has 1 aromatic carbocycles. The first-order valence-electron chi connectivity index (χ1n) is 6.76.